The molecule has 0 saturated heterocycles. The van der Waals surface area contributed by atoms with Gasteiger partial charge in [-0.25, -0.2) is 8.78 Å². The molecule has 1 fully saturated rings. The van der Waals surface area contributed by atoms with Gasteiger partial charge in [0.15, 0.2) is 0 Å². The lowest BCUT2D eigenvalue weighted by molar-refractivity contribution is 0.130. The highest BCUT2D eigenvalue weighted by Crippen LogP contribution is 2.48. The summed E-state index contributed by atoms with van der Waals surface area (Å²) in [4.78, 5) is 0. The lowest BCUT2D eigenvalue weighted by Crippen LogP contribution is -2.34. The van der Waals surface area contributed by atoms with Gasteiger partial charge in [0.1, 0.15) is 11.6 Å². The summed E-state index contributed by atoms with van der Waals surface area (Å²) in [7, 11) is 0. The molecule has 1 aromatic carbocycles. The Morgan fingerprint density at radius 2 is 1.90 bits per heavy atom. The van der Waals surface area contributed by atoms with E-state index in [1.54, 1.807) is 0 Å². The number of halogens is 3. The van der Waals surface area contributed by atoms with E-state index in [9.17, 15) is 8.78 Å². The van der Waals surface area contributed by atoms with Crippen LogP contribution in [0.3, 0.4) is 0 Å². The van der Waals surface area contributed by atoms with Gasteiger partial charge < -0.3 is 5.73 Å². The number of rotatable bonds is 2. The van der Waals surface area contributed by atoms with E-state index >= 15 is 0 Å². The largest absolute Gasteiger partial charge is 0.330 e. The van der Waals surface area contributed by atoms with Crippen LogP contribution < -0.4 is 5.73 Å². The Kier molecular flexibility index (Phi) is 5.09. The van der Waals surface area contributed by atoms with Gasteiger partial charge in [-0.2, -0.15) is 0 Å². The zero-order valence-corrected chi connectivity index (χ0v) is 14.5. The van der Waals surface area contributed by atoms with Gasteiger partial charge in [0.25, 0.3) is 0 Å². The van der Waals surface area contributed by atoms with E-state index in [-0.39, 0.29) is 22.8 Å². The van der Waals surface area contributed by atoms with Crippen molar-refractivity contribution in [2.24, 2.45) is 23.0 Å². The van der Waals surface area contributed by atoms with Crippen molar-refractivity contribution in [2.45, 2.75) is 46.0 Å². The highest BCUT2D eigenvalue weighted by molar-refractivity contribution is 9.10. The van der Waals surface area contributed by atoms with Crippen molar-refractivity contribution in [3.8, 4) is 0 Å². The second-order valence-electron chi connectivity index (χ2n) is 7.24. The third kappa shape index (κ3) is 3.48. The minimum atomic E-state index is -0.465. The summed E-state index contributed by atoms with van der Waals surface area (Å²) in [5, 5.41) is 0. The van der Waals surface area contributed by atoms with Crippen molar-refractivity contribution in [3.63, 3.8) is 0 Å². The van der Waals surface area contributed by atoms with Crippen LogP contribution in [0.5, 0.6) is 0 Å². The van der Waals surface area contributed by atoms with Crippen molar-refractivity contribution >= 4 is 15.9 Å². The van der Waals surface area contributed by atoms with Crippen LogP contribution in [0.1, 0.15) is 51.5 Å². The molecule has 1 aliphatic carbocycles. The summed E-state index contributed by atoms with van der Waals surface area (Å²) in [6, 6.07) is 2.77. The van der Waals surface area contributed by atoms with Crippen molar-refractivity contribution in [1.82, 2.24) is 0 Å². The van der Waals surface area contributed by atoms with E-state index in [2.05, 4.69) is 36.7 Å². The predicted molar refractivity (Wildman–Crippen MR) is 86.1 cm³/mol. The van der Waals surface area contributed by atoms with Gasteiger partial charge in [0.05, 0.1) is 4.47 Å². The zero-order valence-electron chi connectivity index (χ0n) is 12.9. The summed E-state index contributed by atoms with van der Waals surface area (Å²) < 4.78 is 29.0. The number of hydrogen-bond acceptors (Lipinski definition) is 1. The SMILES string of the molecule is CC(C)(C)C1CCC(CN)C(c2c(F)ccc(Br)c2F)C1. The molecule has 21 heavy (non-hydrogen) atoms. The molecule has 3 unspecified atom stereocenters. The minimum absolute atomic E-state index is 0.134. The number of benzene rings is 1. The molecule has 2 rings (SSSR count). The second kappa shape index (κ2) is 6.33. The van der Waals surface area contributed by atoms with Crippen LogP contribution >= 0.6 is 15.9 Å². The van der Waals surface area contributed by atoms with Gasteiger partial charge in [-0.1, -0.05) is 20.8 Å². The molecule has 1 aromatic rings. The average molecular weight is 360 g/mol. The van der Waals surface area contributed by atoms with E-state index in [1.165, 1.54) is 12.1 Å². The lowest BCUT2D eigenvalue weighted by atomic mass is 9.64. The van der Waals surface area contributed by atoms with Crippen LogP contribution in [0.2, 0.25) is 0 Å². The number of hydrogen-bond donors (Lipinski definition) is 1. The van der Waals surface area contributed by atoms with Crippen LogP contribution in [-0.2, 0) is 0 Å². The van der Waals surface area contributed by atoms with E-state index in [0.717, 1.165) is 19.3 Å². The molecule has 0 radical (unpaired) electrons. The van der Waals surface area contributed by atoms with Crippen LogP contribution in [0.4, 0.5) is 8.78 Å². The molecule has 118 valence electrons. The van der Waals surface area contributed by atoms with E-state index in [4.69, 9.17) is 5.73 Å². The first-order chi connectivity index (χ1) is 9.75. The molecular weight excluding hydrogens is 336 g/mol. The number of nitrogens with two attached hydrogens (primary N) is 1. The fourth-order valence-electron chi connectivity index (χ4n) is 3.54. The van der Waals surface area contributed by atoms with Gasteiger partial charge in [0, 0.05) is 5.56 Å². The molecule has 3 atom stereocenters. The average Bonchev–Trinajstić information content (AvgIpc) is 2.42. The van der Waals surface area contributed by atoms with Crippen molar-refractivity contribution in [1.29, 1.82) is 0 Å². The van der Waals surface area contributed by atoms with Crippen molar-refractivity contribution in [2.75, 3.05) is 6.54 Å². The molecular formula is C17H24BrF2N. The Morgan fingerprint density at radius 3 is 2.48 bits per heavy atom. The molecule has 1 saturated carbocycles. The van der Waals surface area contributed by atoms with E-state index < -0.39 is 11.6 Å². The Balaban J connectivity index is 2.41. The van der Waals surface area contributed by atoms with E-state index in [0.29, 0.717) is 16.9 Å². The Bertz CT molecular complexity index is 510. The minimum Gasteiger partial charge on any atom is -0.330 e. The zero-order chi connectivity index (χ0) is 15.8. The summed E-state index contributed by atoms with van der Waals surface area (Å²) in [6.45, 7) is 7.08. The first kappa shape index (κ1) is 16.9. The summed E-state index contributed by atoms with van der Waals surface area (Å²) in [5.41, 5.74) is 6.23. The molecule has 0 bridgehead atoms. The van der Waals surface area contributed by atoms with Gasteiger partial charge in [0.2, 0.25) is 0 Å². The van der Waals surface area contributed by atoms with Crippen LogP contribution in [-0.4, -0.2) is 6.54 Å². The quantitative estimate of drug-likeness (QED) is 0.718. The molecule has 1 nitrogen and oxygen atoms in total. The third-order valence-corrected chi connectivity index (χ3v) is 5.58. The van der Waals surface area contributed by atoms with Crippen LogP contribution in [0, 0.1) is 28.9 Å². The lowest BCUT2D eigenvalue weighted by Gasteiger charge is -2.42. The summed E-state index contributed by atoms with van der Waals surface area (Å²) >= 11 is 3.17. The van der Waals surface area contributed by atoms with Crippen molar-refractivity contribution in [3.05, 3.63) is 33.8 Å². The first-order valence-electron chi connectivity index (χ1n) is 7.59. The molecule has 2 N–H and O–H groups in total. The van der Waals surface area contributed by atoms with Gasteiger partial charge >= 0.3 is 0 Å². The Labute approximate surface area is 134 Å². The topological polar surface area (TPSA) is 26.0 Å². The highest BCUT2D eigenvalue weighted by Gasteiger charge is 2.38. The molecule has 0 aromatic heterocycles. The fourth-order valence-corrected chi connectivity index (χ4v) is 3.88. The fraction of sp³-hybridized carbons (Fsp3) is 0.647. The monoisotopic (exact) mass is 359 g/mol. The summed E-state index contributed by atoms with van der Waals surface area (Å²) in [5.74, 6) is -0.433. The summed E-state index contributed by atoms with van der Waals surface area (Å²) in [6.07, 6.45) is 2.82. The molecule has 1 aliphatic rings. The smallest absolute Gasteiger partial charge is 0.143 e. The van der Waals surface area contributed by atoms with Gasteiger partial charge in [-0.3, -0.25) is 0 Å². The Morgan fingerprint density at radius 1 is 1.24 bits per heavy atom. The maximum absolute atomic E-state index is 14.5. The first-order valence-corrected chi connectivity index (χ1v) is 8.38. The molecule has 0 spiro atoms. The standard InChI is InChI=1S/C17H24BrF2N/c1-17(2,3)11-5-4-10(9-21)12(8-11)15-14(19)7-6-13(18)16(15)20/h6-7,10-12H,4-5,8-9,21H2,1-3H3. The van der Waals surface area contributed by atoms with Gasteiger partial charge in [-0.05, 0) is 77.0 Å². The van der Waals surface area contributed by atoms with Gasteiger partial charge in [-0.15, -0.1) is 0 Å². The molecule has 0 aliphatic heterocycles. The Hall–Kier alpha value is -0.480. The normalized spacial score (nSPS) is 26.9. The molecule has 0 amide bonds. The third-order valence-electron chi connectivity index (χ3n) is 4.97. The maximum Gasteiger partial charge on any atom is 0.143 e. The molecule has 0 heterocycles. The van der Waals surface area contributed by atoms with Crippen LogP contribution in [0.25, 0.3) is 0 Å². The van der Waals surface area contributed by atoms with Crippen molar-refractivity contribution < 1.29 is 8.78 Å². The van der Waals surface area contributed by atoms with Crippen LogP contribution in [0.15, 0.2) is 16.6 Å². The van der Waals surface area contributed by atoms with E-state index in [1.807, 2.05) is 0 Å². The highest BCUT2D eigenvalue weighted by atomic mass is 79.9. The maximum atomic E-state index is 14.5. The predicted octanol–water partition coefficient (Wildman–Crippen LogP) is 5.23. The second-order valence-corrected chi connectivity index (χ2v) is 8.09. The molecule has 4 heteroatoms.